The van der Waals surface area contributed by atoms with Crippen LogP contribution >= 0.6 is 0 Å². The number of aromatic nitrogens is 2. The van der Waals surface area contributed by atoms with Crippen molar-refractivity contribution in [3.63, 3.8) is 0 Å². The first kappa shape index (κ1) is 15.0. The predicted molar refractivity (Wildman–Crippen MR) is 77.9 cm³/mol. The van der Waals surface area contributed by atoms with Crippen molar-refractivity contribution in [2.75, 3.05) is 13.2 Å². The van der Waals surface area contributed by atoms with Crippen molar-refractivity contribution in [2.24, 2.45) is 0 Å². The van der Waals surface area contributed by atoms with E-state index in [0.717, 1.165) is 18.4 Å². The summed E-state index contributed by atoms with van der Waals surface area (Å²) in [5.74, 6) is 1.67. The summed E-state index contributed by atoms with van der Waals surface area (Å²) in [5, 5.41) is 6.60. The molecule has 0 bridgehead atoms. The number of amides is 1. The van der Waals surface area contributed by atoms with Crippen LogP contribution in [0.25, 0.3) is 11.5 Å². The zero-order chi connectivity index (χ0) is 15.1. The molecule has 1 N–H and O–H groups in total. The first-order valence-corrected chi connectivity index (χ1v) is 7.05. The fourth-order valence-corrected chi connectivity index (χ4v) is 1.67. The fraction of sp³-hybridized carbons (Fsp3) is 0.400. The Morgan fingerprint density at radius 2 is 2.05 bits per heavy atom. The normalized spacial score (nSPS) is 10.4. The van der Waals surface area contributed by atoms with Crippen molar-refractivity contribution >= 4 is 5.91 Å². The van der Waals surface area contributed by atoms with Gasteiger partial charge in [0, 0.05) is 18.5 Å². The van der Waals surface area contributed by atoms with Crippen LogP contribution in [0.4, 0.5) is 0 Å². The third kappa shape index (κ3) is 4.30. The summed E-state index contributed by atoms with van der Waals surface area (Å²) in [6.45, 7) is 4.65. The average molecular weight is 289 g/mol. The summed E-state index contributed by atoms with van der Waals surface area (Å²) in [6, 6.07) is 7.20. The topological polar surface area (TPSA) is 77.2 Å². The van der Waals surface area contributed by atoms with Gasteiger partial charge in [0.2, 0.25) is 0 Å². The maximum absolute atomic E-state index is 11.4. The Kier molecular flexibility index (Phi) is 5.31. The van der Waals surface area contributed by atoms with Gasteiger partial charge in [-0.3, -0.25) is 4.79 Å². The van der Waals surface area contributed by atoms with E-state index in [-0.39, 0.29) is 12.5 Å². The van der Waals surface area contributed by atoms with E-state index in [1.54, 1.807) is 12.1 Å². The Bertz CT molecular complexity index is 578. The molecule has 1 amide bonds. The Morgan fingerprint density at radius 1 is 1.29 bits per heavy atom. The van der Waals surface area contributed by atoms with Gasteiger partial charge in [-0.1, -0.05) is 19.0 Å². The zero-order valence-corrected chi connectivity index (χ0v) is 12.3. The Balaban J connectivity index is 1.91. The van der Waals surface area contributed by atoms with E-state index in [1.807, 2.05) is 26.0 Å². The molecule has 0 aliphatic heterocycles. The van der Waals surface area contributed by atoms with Crippen molar-refractivity contribution in [2.45, 2.75) is 26.7 Å². The maximum Gasteiger partial charge on any atom is 0.257 e. The van der Waals surface area contributed by atoms with Crippen LogP contribution < -0.4 is 10.1 Å². The molecule has 0 fully saturated rings. The predicted octanol–water partition coefficient (Wildman–Crippen LogP) is 2.20. The number of nitrogens with one attached hydrogen (secondary N) is 1. The molecule has 0 aliphatic rings. The Hall–Kier alpha value is -2.37. The molecule has 1 heterocycles. The molecule has 0 saturated carbocycles. The third-order valence-electron chi connectivity index (χ3n) is 2.83. The standard InChI is InChI=1S/C15H19N3O3/c1-3-9-16-14(19)10-20-12-7-5-11(6-8-12)15-17-13(4-2)18-21-15/h5-8H,3-4,9-10H2,1-2H3,(H,16,19). The van der Waals surface area contributed by atoms with Crippen LogP contribution in [0.1, 0.15) is 26.1 Å². The fourth-order valence-electron chi connectivity index (χ4n) is 1.67. The summed E-state index contributed by atoms with van der Waals surface area (Å²) >= 11 is 0. The van der Waals surface area contributed by atoms with E-state index in [9.17, 15) is 4.79 Å². The Labute approximate surface area is 123 Å². The number of hydrogen-bond acceptors (Lipinski definition) is 5. The van der Waals surface area contributed by atoms with Crippen LogP contribution in [0.5, 0.6) is 5.75 Å². The van der Waals surface area contributed by atoms with Crippen molar-refractivity contribution in [1.82, 2.24) is 15.5 Å². The second-order valence-electron chi connectivity index (χ2n) is 4.53. The summed E-state index contributed by atoms with van der Waals surface area (Å²) in [5.41, 5.74) is 0.824. The van der Waals surface area contributed by atoms with Crippen molar-refractivity contribution < 1.29 is 14.1 Å². The number of ether oxygens (including phenoxy) is 1. The van der Waals surface area contributed by atoms with Crippen molar-refractivity contribution in [1.29, 1.82) is 0 Å². The van der Waals surface area contributed by atoms with Gasteiger partial charge >= 0.3 is 0 Å². The molecule has 1 aromatic heterocycles. The molecule has 112 valence electrons. The highest BCUT2D eigenvalue weighted by Crippen LogP contribution is 2.20. The van der Waals surface area contributed by atoms with Crippen LogP contribution in [0.2, 0.25) is 0 Å². The highest BCUT2D eigenvalue weighted by Gasteiger charge is 2.08. The first-order chi connectivity index (χ1) is 10.2. The molecular weight excluding hydrogens is 270 g/mol. The van der Waals surface area contributed by atoms with Gasteiger partial charge in [-0.25, -0.2) is 0 Å². The summed E-state index contributed by atoms with van der Waals surface area (Å²) in [6.07, 6.45) is 1.64. The molecule has 1 aromatic carbocycles. The molecule has 0 aliphatic carbocycles. The van der Waals surface area contributed by atoms with Gasteiger partial charge in [0.05, 0.1) is 0 Å². The quantitative estimate of drug-likeness (QED) is 0.845. The summed E-state index contributed by atoms with van der Waals surface area (Å²) in [7, 11) is 0. The maximum atomic E-state index is 11.4. The molecule has 0 spiro atoms. The molecule has 21 heavy (non-hydrogen) atoms. The Morgan fingerprint density at radius 3 is 2.67 bits per heavy atom. The number of benzene rings is 1. The van der Waals surface area contributed by atoms with E-state index < -0.39 is 0 Å². The molecular formula is C15H19N3O3. The number of carbonyl (C=O) groups is 1. The molecule has 6 nitrogen and oxygen atoms in total. The SMILES string of the molecule is CCCNC(=O)COc1ccc(-c2nc(CC)no2)cc1. The average Bonchev–Trinajstić information content (AvgIpc) is 3.00. The number of nitrogens with zero attached hydrogens (tertiary/aromatic N) is 2. The van der Waals surface area contributed by atoms with Crippen LogP contribution in [-0.2, 0) is 11.2 Å². The van der Waals surface area contributed by atoms with Crippen LogP contribution in [-0.4, -0.2) is 29.2 Å². The highest BCUT2D eigenvalue weighted by atomic mass is 16.5. The summed E-state index contributed by atoms with van der Waals surface area (Å²) < 4.78 is 10.6. The lowest BCUT2D eigenvalue weighted by atomic mass is 10.2. The van der Waals surface area contributed by atoms with Crippen LogP contribution in [0.3, 0.4) is 0 Å². The zero-order valence-electron chi connectivity index (χ0n) is 12.3. The minimum Gasteiger partial charge on any atom is -0.484 e. The highest BCUT2D eigenvalue weighted by molar-refractivity contribution is 5.77. The van der Waals surface area contributed by atoms with Crippen LogP contribution in [0.15, 0.2) is 28.8 Å². The number of rotatable bonds is 7. The lowest BCUT2D eigenvalue weighted by molar-refractivity contribution is -0.123. The molecule has 0 radical (unpaired) electrons. The molecule has 0 unspecified atom stereocenters. The summed E-state index contributed by atoms with van der Waals surface area (Å²) in [4.78, 5) is 15.7. The van der Waals surface area contributed by atoms with E-state index in [4.69, 9.17) is 9.26 Å². The number of carbonyl (C=O) groups excluding carboxylic acids is 1. The van der Waals surface area contributed by atoms with Gasteiger partial charge in [0.15, 0.2) is 12.4 Å². The van der Waals surface area contributed by atoms with Gasteiger partial charge in [-0.15, -0.1) is 0 Å². The largest absolute Gasteiger partial charge is 0.484 e. The number of hydrogen-bond donors (Lipinski definition) is 1. The van der Waals surface area contributed by atoms with Crippen LogP contribution in [0, 0.1) is 0 Å². The molecule has 6 heteroatoms. The van der Waals surface area contributed by atoms with Crippen molar-refractivity contribution in [3.8, 4) is 17.2 Å². The lowest BCUT2D eigenvalue weighted by Gasteiger charge is -2.06. The van der Waals surface area contributed by atoms with E-state index >= 15 is 0 Å². The first-order valence-electron chi connectivity index (χ1n) is 7.05. The molecule has 0 saturated heterocycles. The number of aryl methyl sites for hydroxylation is 1. The minimum absolute atomic E-state index is 0.0138. The van der Waals surface area contributed by atoms with Gasteiger partial charge in [0.25, 0.3) is 11.8 Å². The molecule has 2 aromatic rings. The second-order valence-corrected chi connectivity index (χ2v) is 4.53. The third-order valence-corrected chi connectivity index (χ3v) is 2.83. The van der Waals surface area contributed by atoms with E-state index in [0.29, 0.717) is 24.0 Å². The minimum atomic E-state index is -0.120. The van der Waals surface area contributed by atoms with Gasteiger partial charge < -0.3 is 14.6 Å². The molecule has 2 rings (SSSR count). The smallest absolute Gasteiger partial charge is 0.257 e. The van der Waals surface area contributed by atoms with E-state index in [2.05, 4.69) is 15.5 Å². The van der Waals surface area contributed by atoms with Crippen molar-refractivity contribution in [3.05, 3.63) is 30.1 Å². The van der Waals surface area contributed by atoms with Gasteiger partial charge in [-0.05, 0) is 30.7 Å². The van der Waals surface area contributed by atoms with Gasteiger partial charge in [-0.2, -0.15) is 4.98 Å². The molecule has 0 atom stereocenters. The monoisotopic (exact) mass is 289 g/mol. The van der Waals surface area contributed by atoms with E-state index in [1.165, 1.54) is 0 Å². The second kappa shape index (κ2) is 7.42. The lowest BCUT2D eigenvalue weighted by Crippen LogP contribution is -2.29. The van der Waals surface area contributed by atoms with Gasteiger partial charge in [0.1, 0.15) is 5.75 Å².